The molecule has 0 bridgehead atoms. The summed E-state index contributed by atoms with van der Waals surface area (Å²) in [5.74, 6) is 0.714. The molecule has 2 fully saturated rings. The van der Waals surface area contributed by atoms with Crippen molar-refractivity contribution >= 4 is 6.03 Å². The van der Waals surface area contributed by atoms with Crippen molar-refractivity contribution in [1.82, 2.24) is 20.9 Å². The molecule has 1 heterocycles. The quantitative estimate of drug-likeness (QED) is 0.746. The highest BCUT2D eigenvalue weighted by Crippen LogP contribution is 2.41. The average molecular weight is 316 g/mol. The molecule has 2 aliphatic rings. The van der Waals surface area contributed by atoms with Crippen LogP contribution < -0.4 is 16.0 Å². The van der Waals surface area contributed by atoms with Crippen LogP contribution in [0.5, 0.6) is 0 Å². The molecule has 2 atom stereocenters. The van der Waals surface area contributed by atoms with Crippen LogP contribution in [0.25, 0.3) is 0 Å². The maximum atomic E-state index is 11.1. The van der Waals surface area contributed by atoms with Crippen LogP contribution >= 0.6 is 0 Å². The van der Waals surface area contributed by atoms with Crippen molar-refractivity contribution in [3.05, 3.63) is 35.9 Å². The molecular weight excluding hydrogens is 288 g/mol. The zero-order valence-electron chi connectivity index (χ0n) is 13.9. The average Bonchev–Trinajstić information content (AvgIpc) is 3.36. The third kappa shape index (κ3) is 4.69. The summed E-state index contributed by atoms with van der Waals surface area (Å²) in [6.07, 6.45) is 3.69. The Kier molecular flexibility index (Phi) is 5.51. The van der Waals surface area contributed by atoms with E-state index in [1.807, 2.05) is 0 Å². The molecule has 23 heavy (non-hydrogen) atoms. The number of nitrogens with zero attached hydrogens (tertiary/aromatic N) is 1. The van der Waals surface area contributed by atoms with Gasteiger partial charge in [-0.1, -0.05) is 30.3 Å². The van der Waals surface area contributed by atoms with E-state index in [1.165, 1.54) is 24.8 Å². The predicted octanol–water partition coefficient (Wildman–Crippen LogP) is 1.53. The second kappa shape index (κ2) is 7.79. The molecule has 0 radical (unpaired) electrons. The molecule has 2 amide bonds. The number of piperidine rings is 1. The number of urea groups is 1. The number of likely N-dealkylation sites (tertiary alicyclic amines) is 1. The number of hydrogen-bond acceptors (Lipinski definition) is 3. The molecule has 1 aliphatic carbocycles. The van der Waals surface area contributed by atoms with Gasteiger partial charge in [-0.3, -0.25) is 0 Å². The lowest BCUT2D eigenvalue weighted by Gasteiger charge is -2.32. The van der Waals surface area contributed by atoms with Gasteiger partial charge < -0.3 is 20.9 Å². The smallest absolute Gasteiger partial charge is 0.314 e. The molecular formula is C18H28N4O. The minimum atomic E-state index is -0.0951. The fraction of sp³-hybridized carbons (Fsp3) is 0.611. The van der Waals surface area contributed by atoms with E-state index in [0.29, 0.717) is 18.0 Å². The minimum Gasteiger partial charge on any atom is -0.341 e. The van der Waals surface area contributed by atoms with Crippen molar-refractivity contribution in [1.29, 1.82) is 0 Å². The largest absolute Gasteiger partial charge is 0.341 e. The van der Waals surface area contributed by atoms with E-state index in [0.717, 1.165) is 26.2 Å². The Bertz CT molecular complexity index is 499. The van der Waals surface area contributed by atoms with Gasteiger partial charge in [-0.05, 0) is 37.9 Å². The number of hydrogen-bond donors (Lipinski definition) is 3. The summed E-state index contributed by atoms with van der Waals surface area (Å²) in [7, 11) is 1.65. The van der Waals surface area contributed by atoms with Crippen molar-refractivity contribution in [2.75, 3.05) is 33.2 Å². The molecule has 1 aromatic carbocycles. The number of carbonyl (C=O) groups is 1. The molecule has 1 aliphatic heterocycles. The molecule has 3 N–H and O–H groups in total. The maximum Gasteiger partial charge on any atom is 0.314 e. The SMILES string of the molecule is CNC(=O)NCCN1CCC(N[C@@H]2C[C@H]2c2ccccc2)CC1. The van der Waals surface area contributed by atoms with Crippen molar-refractivity contribution in [2.24, 2.45) is 0 Å². The fourth-order valence-electron chi connectivity index (χ4n) is 3.49. The Morgan fingerprint density at radius 3 is 2.65 bits per heavy atom. The lowest BCUT2D eigenvalue weighted by Crippen LogP contribution is -2.46. The van der Waals surface area contributed by atoms with Crippen molar-refractivity contribution in [2.45, 2.75) is 37.3 Å². The summed E-state index contributed by atoms with van der Waals surface area (Å²) in [6.45, 7) is 3.90. The highest BCUT2D eigenvalue weighted by molar-refractivity contribution is 5.73. The number of carbonyl (C=O) groups excluding carboxylic acids is 1. The lowest BCUT2D eigenvalue weighted by atomic mass is 10.0. The van der Waals surface area contributed by atoms with Crippen LogP contribution in [0.1, 0.15) is 30.7 Å². The van der Waals surface area contributed by atoms with Gasteiger partial charge in [0.25, 0.3) is 0 Å². The first-order valence-corrected chi connectivity index (χ1v) is 8.75. The molecule has 1 saturated heterocycles. The number of nitrogens with one attached hydrogen (secondary N) is 3. The summed E-state index contributed by atoms with van der Waals surface area (Å²) < 4.78 is 0. The Labute approximate surface area is 138 Å². The van der Waals surface area contributed by atoms with Crippen LogP contribution in [-0.2, 0) is 0 Å². The van der Waals surface area contributed by atoms with Crippen molar-refractivity contribution < 1.29 is 4.79 Å². The van der Waals surface area contributed by atoms with E-state index in [-0.39, 0.29) is 6.03 Å². The van der Waals surface area contributed by atoms with Gasteiger partial charge in [0.2, 0.25) is 0 Å². The Morgan fingerprint density at radius 2 is 1.96 bits per heavy atom. The summed E-state index contributed by atoms with van der Waals surface area (Å²) in [5, 5.41) is 9.27. The monoisotopic (exact) mass is 316 g/mol. The van der Waals surface area contributed by atoms with Crippen LogP contribution in [0.3, 0.4) is 0 Å². The highest BCUT2D eigenvalue weighted by Gasteiger charge is 2.39. The van der Waals surface area contributed by atoms with Gasteiger partial charge >= 0.3 is 6.03 Å². The first-order chi connectivity index (χ1) is 11.3. The van der Waals surface area contributed by atoms with E-state index >= 15 is 0 Å². The molecule has 0 aromatic heterocycles. The normalized spacial score (nSPS) is 25.1. The molecule has 5 nitrogen and oxygen atoms in total. The van der Waals surface area contributed by atoms with Gasteiger partial charge in [-0.2, -0.15) is 0 Å². The van der Waals surface area contributed by atoms with Crippen LogP contribution in [0.2, 0.25) is 0 Å². The molecule has 0 unspecified atom stereocenters. The van der Waals surface area contributed by atoms with Gasteiger partial charge in [0.15, 0.2) is 0 Å². The number of benzene rings is 1. The fourth-order valence-corrected chi connectivity index (χ4v) is 3.49. The standard InChI is InChI=1S/C18H28N4O/c1-19-18(23)20-9-12-22-10-7-15(8-11-22)21-17-13-16(17)14-5-3-2-4-6-14/h2-6,15-17,21H,7-13H2,1H3,(H2,19,20,23)/t16-,17+/m0/s1. The van der Waals surface area contributed by atoms with Gasteiger partial charge in [0.05, 0.1) is 0 Å². The zero-order valence-corrected chi connectivity index (χ0v) is 13.9. The van der Waals surface area contributed by atoms with E-state index in [2.05, 4.69) is 51.2 Å². The Morgan fingerprint density at radius 1 is 1.22 bits per heavy atom. The molecule has 1 saturated carbocycles. The number of rotatable bonds is 6. The summed E-state index contributed by atoms with van der Waals surface area (Å²) in [6, 6.07) is 12.1. The third-order valence-corrected chi connectivity index (χ3v) is 5.00. The Balaban J connectivity index is 1.32. The molecule has 0 spiro atoms. The van der Waals surface area contributed by atoms with Gasteiger partial charge in [-0.15, -0.1) is 0 Å². The van der Waals surface area contributed by atoms with E-state index in [9.17, 15) is 4.79 Å². The zero-order chi connectivity index (χ0) is 16.1. The van der Waals surface area contributed by atoms with Crippen LogP contribution in [0, 0.1) is 0 Å². The predicted molar refractivity (Wildman–Crippen MR) is 92.6 cm³/mol. The van der Waals surface area contributed by atoms with Gasteiger partial charge in [-0.25, -0.2) is 4.79 Å². The van der Waals surface area contributed by atoms with Crippen LogP contribution in [0.15, 0.2) is 30.3 Å². The van der Waals surface area contributed by atoms with Gasteiger partial charge in [0, 0.05) is 38.1 Å². The summed E-state index contributed by atoms with van der Waals surface area (Å²) >= 11 is 0. The molecule has 5 heteroatoms. The first-order valence-electron chi connectivity index (χ1n) is 8.75. The first kappa shape index (κ1) is 16.3. The summed E-state index contributed by atoms with van der Waals surface area (Å²) in [5.41, 5.74) is 1.47. The maximum absolute atomic E-state index is 11.1. The summed E-state index contributed by atoms with van der Waals surface area (Å²) in [4.78, 5) is 13.6. The van der Waals surface area contributed by atoms with Crippen LogP contribution in [-0.4, -0.2) is 56.2 Å². The highest BCUT2D eigenvalue weighted by atomic mass is 16.2. The molecule has 1 aromatic rings. The van der Waals surface area contributed by atoms with Gasteiger partial charge in [0.1, 0.15) is 0 Å². The number of amides is 2. The van der Waals surface area contributed by atoms with Crippen molar-refractivity contribution in [3.8, 4) is 0 Å². The second-order valence-electron chi connectivity index (χ2n) is 6.65. The van der Waals surface area contributed by atoms with E-state index in [4.69, 9.17) is 0 Å². The molecule has 3 rings (SSSR count). The Hall–Kier alpha value is -1.59. The van der Waals surface area contributed by atoms with Crippen molar-refractivity contribution in [3.63, 3.8) is 0 Å². The molecule has 126 valence electrons. The topological polar surface area (TPSA) is 56.4 Å². The second-order valence-corrected chi connectivity index (χ2v) is 6.65. The lowest BCUT2D eigenvalue weighted by molar-refractivity contribution is 0.195. The van der Waals surface area contributed by atoms with Crippen LogP contribution in [0.4, 0.5) is 4.79 Å². The van der Waals surface area contributed by atoms with E-state index < -0.39 is 0 Å². The third-order valence-electron chi connectivity index (χ3n) is 5.00. The van der Waals surface area contributed by atoms with E-state index in [1.54, 1.807) is 7.05 Å². The minimum absolute atomic E-state index is 0.0951.